The largest absolute Gasteiger partial charge is 0.379 e. The first-order valence-corrected chi connectivity index (χ1v) is 6.93. The fourth-order valence-electron chi connectivity index (χ4n) is 1.80. The average Bonchev–Trinajstić information content (AvgIpc) is 3.05. The zero-order valence-electron chi connectivity index (χ0n) is 9.97. The Labute approximate surface area is 114 Å². The summed E-state index contributed by atoms with van der Waals surface area (Å²) in [6.07, 6.45) is 8.20. The van der Waals surface area contributed by atoms with Crippen molar-refractivity contribution < 1.29 is 4.74 Å². The van der Waals surface area contributed by atoms with Gasteiger partial charge in [-0.2, -0.15) is 0 Å². The van der Waals surface area contributed by atoms with Crippen LogP contribution in [-0.4, -0.2) is 34.1 Å². The Balaban J connectivity index is 1.57. The van der Waals surface area contributed by atoms with Gasteiger partial charge in [-0.1, -0.05) is 0 Å². The number of aromatic nitrogens is 3. The monoisotopic (exact) mass is 310 g/mol. The molecule has 1 saturated carbocycles. The molecule has 6 heteroatoms. The third-order valence-electron chi connectivity index (χ3n) is 2.93. The normalized spacial score (nSPS) is 15.2. The molecule has 2 aromatic rings. The molecule has 0 aromatic carbocycles. The second-order valence-electron chi connectivity index (χ2n) is 4.52. The molecular formula is C12H15BrN4O. The molecule has 18 heavy (non-hydrogen) atoms. The minimum atomic E-state index is 0.706. The van der Waals surface area contributed by atoms with Gasteiger partial charge in [0, 0.05) is 31.7 Å². The van der Waals surface area contributed by atoms with Gasteiger partial charge in [0.05, 0.1) is 6.61 Å². The minimum Gasteiger partial charge on any atom is -0.379 e. The first-order valence-electron chi connectivity index (χ1n) is 6.14. The van der Waals surface area contributed by atoms with E-state index in [1.807, 2.05) is 16.8 Å². The zero-order chi connectivity index (χ0) is 12.4. The molecule has 0 bridgehead atoms. The summed E-state index contributed by atoms with van der Waals surface area (Å²) in [6.45, 7) is 2.35. The van der Waals surface area contributed by atoms with E-state index in [1.165, 1.54) is 12.8 Å². The van der Waals surface area contributed by atoms with Gasteiger partial charge in [0.1, 0.15) is 4.60 Å². The van der Waals surface area contributed by atoms with Crippen LogP contribution in [0.3, 0.4) is 0 Å². The van der Waals surface area contributed by atoms with Crippen LogP contribution in [0.4, 0.5) is 5.82 Å². The molecular weight excluding hydrogens is 296 g/mol. The maximum Gasteiger partial charge on any atom is 0.180 e. The average molecular weight is 311 g/mol. The summed E-state index contributed by atoms with van der Waals surface area (Å²) < 4.78 is 8.30. The van der Waals surface area contributed by atoms with E-state index in [1.54, 1.807) is 6.20 Å². The molecule has 0 aliphatic heterocycles. The number of imidazole rings is 1. The molecule has 1 aliphatic rings. The van der Waals surface area contributed by atoms with E-state index in [2.05, 4.69) is 31.2 Å². The Morgan fingerprint density at radius 3 is 3.22 bits per heavy atom. The lowest BCUT2D eigenvalue weighted by molar-refractivity contribution is 0.134. The molecule has 1 fully saturated rings. The number of nitrogens with one attached hydrogen (secondary N) is 1. The van der Waals surface area contributed by atoms with Gasteiger partial charge >= 0.3 is 0 Å². The van der Waals surface area contributed by atoms with Gasteiger partial charge in [-0.15, -0.1) is 0 Å². The third kappa shape index (κ3) is 2.81. The summed E-state index contributed by atoms with van der Waals surface area (Å²) >= 11 is 3.39. The van der Waals surface area contributed by atoms with Crippen LogP contribution in [0.25, 0.3) is 5.65 Å². The quantitative estimate of drug-likeness (QED) is 0.832. The lowest BCUT2D eigenvalue weighted by Gasteiger charge is -2.08. The predicted octanol–water partition coefficient (Wildman–Crippen LogP) is 2.33. The smallest absolute Gasteiger partial charge is 0.180 e. The van der Waals surface area contributed by atoms with Crippen LogP contribution in [0.5, 0.6) is 0 Å². The fraction of sp³-hybridized carbons (Fsp3) is 0.500. The van der Waals surface area contributed by atoms with E-state index in [-0.39, 0.29) is 0 Å². The van der Waals surface area contributed by atoms with Gasteiger partial charge in [-0.3, -0.25) is 0 Å². The maximum absolute atomic E-state index is 5.57. The van der Waals surface area contributed by atoms with E-state index >= 15 is 0 Å². The van der Waals surface area contributed by atoms with E-state index in [9.17, 15) is 0 Å². The van der Waals surface area contributed by atoms with Crippen molar-refractivity contribution >= 4 is 27.4 Å². The van der Waals surface area contributed by atoms with Crippen molar-refractivity contribution in [1.82, 2.24) is 14.4 Å². The highest BCUT2D eigenvalue weighted by Crippen LogP contribution is 2.28. The number of fused-ring (bicyclic) bond motifs is 1. The number of ether oxygens (including phenoxy) is 1. The summed E-state index contributed by atoms with van der Waals surface area (Å²) in [4.78, 5) is 8.66. The molecule has 1 aliphatic carbocycles. The number of nitrogens with zero attached hydrogens (tertiary/aromatic N) is 3. The second kappa shape index (κ2) is 5.24. The lowest BCUT2D eigenvalue weighted by atomic mass is 10.5. The van der Waals surface area contributed by atoms with Crippen molar-refractivity contribution in [1.29, 1.82) is 0 Å². The molecule has 96 valence electrons. The highest BCUT2D eigenvalue weighted by molar-refractivity contribution is 9.10. The molecule has 2 aromatic heterocycles. The summed E-state index contributed by atoms with van der Waals surface area (Å²) in [6, 6.07) is 0. The van der Waals surface area contributed by atoms with Gasteiger partial charge in [0.15, 0.2) is 11.5 Å². The molecule has 2 heterocycles. The Bertz CT molecular complexity index is 538. The first-order chi connectivity index (χ1) is 8.83. The minimum absolute atomic E-state index is 0.706. The number of anilines is 1. The summed E-state index contributed by atoms with van der Waals surface area (Å²) in [5.74, 6) is 1.59. The van der Waals surface area contributed by atoms with E-state index < -0.39 is 0 Å². The molecule has 1 N–H and O–H groups in total. The highest BCUT2D eigenvalue weighted by atomic mass is 79.9. The summed E-state index contributed by atoms with van der Waals surface area (Å²) in [7, 11) is 0. The van der Waals surface area contributed by atoms with E-state index in [0.29, 0.717) is 6.61 Å². The SMILES string of the molecule is Brc1cn2ccnc2c(NCCOCC2CC2)n1. The maximum atomic E-state index is 5.57. The van der Waals surface area contributed by atoms with Crippen LogP contribution in [0.2, 0.25) is 0 Å². The van der Waals surface area contributed by atoms with Crippen LogP contribution in [0.1, 0.15) is 12.8 Å². The topological polar surface area (TPSA) is 51.5 Å². The number of hydrogen-bond acceptors (Lipinski definition) is 4. The Hall–Kier alpha value is -1.14. The zero-order valence-corrected chi connectivity index (χ0v) is 11.6. The van der Waals surface area contributed by atoms with Gasteiger partial charge in [-0.25, -0.2) is 9.97 Å². The highest BCUT2D eigenvalue weighted by Gasteiger charge is 2.20. The molecule has 0 amide bonds. The summed E-state index contributed by atoms with van der Waals surface area (Å²) in [5, 5.41) is 3.26. The van der Waals surface area contributed by atoms with Crippen LogP contribution >= 0.6 is 15.9 Å². The van der Waals surface area contributed by atoms with Crippen molar-refractivity contribution in [2.75, 3.05) is 25.1 Å². The van der Waals surface area contributed by atoms with Crippen LogP contribution in [-0.2, 0) is 4.74 Å². The first kappa shape index (κ1) is 11.9. The van der Waals surface area contributed by atoms with Crippen molar-refractivity contribution in [2.45, 2.75) is 12.8 Å². The molecule has 0 spiro atoms. The number of halogens is 1. The third-order valence-corrected chi connectivity index (χ3v) is 3.32. The summed E-state index contributed by atoms with van der Waals surface area (Å²) in [5.41, 5.74) is 0.834. The van der Waals surface area contributed by atoms with E-state index in [4.69, 9.17) is 4.74 Å². The molecule has 0 saturated heterocycles. The van der Waals surface area contributed by atoms with Crippen molar-refractivity contribution in [2.24, 2.45) is 5.92 Å². The lowest BCUT2D eigenvalue weighted by Crippen LogP contribution is -2.12. The van der Waals surface area contributed by atoms with Gasteiger partial charge in [-0.05, 0) is 34.7 Å². The Morgan fingerprint density at radius 1 is 1.50 bits per heavy atom. The van der Waals surface area contributed by atoms with Crippen molar-refractivity contribution in [3.63, 3.8) is 0 Å². The van der Waals surface area contributed by atoms with Gasteiger partial charge in [0.25, 0.3) is 0 Å². The molecule has 0 radical (unpaired) electrons. The molecule has 0 atom stereocenters. The second-order valence-corrected chi connectivity index (χ2v) is 5.33. The molecule has 5 nitrogen and oxygen atoms in total. The molecule has 3 rings (SSSR count). The van der Waals surface area contributed by atoms with Crippen LogP contribution < -0.4 is 5.32 Å². The standard InChI is InChI=1S/C12H15BrN4O/c13-10-7-17-5-3-15-12(17)11(16-10)14-4-6-18-8-9-1-2-9/h3,5,7,9H,1-2,4,6,8H2,(H,14,16). The van der Waals surface area contributed by atoms with Gasteiger partial charge < -0.3 is 14.5 Å². The van der Waals surface area contributed by atoms with Crippen molar-refractivity contribution in [3.8, 4) is 0 Å². The number of rotatable bonds is 6. The van der Waals surface area contributed by atoms with Crippen LogP contribution in [0, 0.1) is 5.92 Å². The molecule has 0 unspecified atom stereocenters. The predicted molar refractivity (Wildman–Crippen MR) is 72.7 cm³/mol. The fourth-order valence-corrected chi connectivity index (χ4v) is 2.19. The van der Waals surface area contributed by atoms with Gasteiger partial charge in [0.2, 0.25) is 0 Å². The van der Waals surface area contributed by atoms with Crippen LogP contribution in [0.15, 0.2) is 23.2 Å². The van der Waals surface area contributed by atoms with Crippen molar-refractivity contribution in [3.05, 3.63) is 23.2 Å². The van der Waals surface area contributed by atoms with E-state index in [0.717, 1.165) is 35.1 Å². The Kier molecular flexibility index (Phi) is 3.47. The number of hydrogen-bond donors (Lipinski definition) is 1. The Morgan fingerprint density at radius 2 is 2.39 bits per heavy atom.